The zero-order chi connectivity index (χ0) is 12.3. The van der Waals surface area contributed by atoms with Crippen LogP contribution in [0, 0.1) is 0 Å². The van der Waals surface area contributed by atoms with E-state index in [1.807, 2.05) is 0 Å². The average molecular weight is 234 g/mol. The van der Waals surface area contributed by atoms with Gasteiger partial charge in [-0.3, -0.25) is 9.78 Å². The third-order valence-corrected chi connectivity index (χ3v) is 1.90. The smallest absolute Gasteiger partial charge is 0.417 e. The summed E-state index contributed by atoms with van der Waals surface area (Å²) in [6, 6.07) is 0.798. The summed E-state index contributed by atoms with van der Waals surface area (Å²) in [5.41, 5.74) is 4.55. The highest BCUT2D eigenvalue weighted by molar-refractivity contribution is 5.73. The predicted molar refractivity (Wildman–Crippen MR) is 48.6 cm³/mol. The topological polar surface area (TPSA) is 76.2 Å². The summed E-state index contributed by atoms with van der Waals surface area (Å²) in [4.78, 5) is 13.9. The van der Waals surface area contributed by atoms with E-state index in [0.29, 0.717) is 6.20 Å². The van der Waals surface area contributed by atoms with Crippen molar-refractivity contribution in [3.05, 3.63) is 29.6 Å². The van der Waals surface area contributed by atoms with E-state index >= 15 is 0 Å². The van der Waals surface area contributed by atoms with Gasteiger partial charge in [-0.2, -0.15) is 13.2 Å². The lowest BCUT2D eigenvalue weighted by atomic mass is 10.1. The summed E-state index contributed by atoms with van der Waals surface area (Å²) in [6.07, 6.45) is -3.89. The molecule has 0 saturated carbocycles. The molecular weight excluding hydrogens is 225 g/mol. The van der Waals surface area contributed by atoms with Gasteiger partial charge >= 0.3 is 12.1 Å². The van der Waals surface area contributed by atoms with Gasteiger partial charge < -0.3 is 10.8 Å². The van der Waals surface area contributed by atoms with E-state index < -0.39 is 23.8 Å². The van der Waals surface area contributed by atoms with Gasteiger partial charge in [0.1, 0.15) is 6.04 Å². The summed E-state index contributed by atoms with van der Waals surface area (Å²) in [7, 11) is 0. The second kappa shape index (κ2) is 4.48. The maximum absolute atomic E-state index is 12.2. The molecule has 4 nitrogen and oxygen atoms in total. The summed E-state index contributed by atoms with van der Waals surface area (Å²) >= 11 is 0. The van der Waals surface area contributed by atoms with E-state index in [0.717, 1.165) is 12.1 Å². The number of aromatic nitrogens is 1. The SMILES string of the molecule is N[C@@H](Cc1ccc(C(F)(F)F)cn1)C(=O)O. The molecule has 0 unspecified atom stereocenters. The highest BCUT2D eigenvalue weighted by atomic mass is 19.4. The fourth-order valence-corrected chi connectivity index (χ4v) is 1.03. The van der Waals surface area contributed by atoms with Crippen LogP contribution in [0.5, 0.6) is 0 Å². The second-order valence-corrected chi connectivity index (χ2v) is 3.18. The molecule has 3 N–H and O–H groups in total. The zero-order valence-electron chi connectivity index (χ0n) is 8.03. The molecule has 7 heteroatoms. The number of carboxylic acid groups (broad SMARTS) is 1. The number of carbonyl (C=O) groups is 1. The molecule has 1 aromatic rings. The highest BCUT2D eigenvalue weighted by Gasteiger charge is 2.30. The minimum atomic E-state index is -4.44. The molecule has 0 bridgehead atoms. The summed E-state index contributed by atoms with van der Waals surface area (Å²) in [5, 5.41) is 8.49. The Balaban J connectivity index is 2.76. The fourth-order valence-electron chi connectivity index (χ4n) is 1.03. The van der Waals surface area contributed by atoms with E-state index in [1.165, 1.54) is 0 Å². The van der Waals surface area contributed by atoms with Crippen LogP contribution in [0.4, 0.5) is 13.2 Å². The van der Waals surface area contributed by atoms with E-state index in [1.54, 1.807) is 0 Å². The number of hydrogen-bond acceptors (Lipinski definition) is 3. The monoisotopic (exact) mass is 234 g/mol. The van der Waals surface area contributed by atoms with Crippen molar-refractivity contribution in [3.63, 3.8) is 0 Å². The lowest BCUT2D eigenvalue weighted by Crippen LogP contribution is -2.32. The van der Waals surface area contributed by atoms with Crippen LogP contribution in [0.2, 0.25) is 0 Å². The minimum Gasteiger partial charge on any atom is -0.480 e. The van der Waals surface area contributed by atoms with Crippen molar-refractivity contribution < 1.29 is 23.1 Å². The molecule has 0 spiro atoms. The normalized spacial score (nSPS) is 13.5. The lowest BCUT2D eigenvalue weighted by molar-refractivity contribution is -0.139. The van der Waals surface area contributed by atoms with Crippen LogP contribution < -0.4 is 5.73 Å². The van der Waals surface area contributed by atoms with E-state index in [4.69, 9.17) is 10.8 Å². The molecule has 0 aromatic carbocycles. The molecule has 1 rings (SSSR count). The Hall–Kier alpha value is -1.63. The number of pyridine rings is 1. The van der Waals surface area contributed by atoms with Crippen LogP contribution in [0.1, 0.15) is 11.3 Å². The van der Waals surface area contributed by atoms with Crippen molar-refractivity contribution >= 4 is 5.97 Å². The average Bonchev–Trinajstić information content (AvgIpc) is 2.17. The number of hydrogen-bond donors (Lipinski definition) is 2. The molecule has 16 heavy (non-hydrogen) atoms. The van der Waals surface area contributed by atoms with Gasteiger partial charge in [-0.05, 0) is 12.1 Å². The molecule has 0 radical (unpaired) electrons. The number of carboxylic acids is 1. The van der Waals surface area contributed by atoms with Crippen LogP contribution in [0.3, 0.4) is 0 Å². The largest absolute Gasteiger partial charge is 0.480 e. The van der Waals surface area contributed by atoms with Crippen LogP contribution in [0.25, 0.3) is 0 Å². The van der Waals surface area contributed by atoms with E-state index in [9.17, 15) is 18.0 Å². The molecule has 0 saturated heterocycles. The Kier molecular flexibility index (Phi) is 3.48. The maximum atomic E-state index is 12.2. The number of alkyl halides is 3. The van der Waals surface area contributed by atoms with Gasteiger partial charge in [0.15, 0.2) is 0 Å². The van der Waals surface area contributed by atoms with Crippen molar-refractivity contribution in [2.24, 2.45) is 5.73 Å². The molecule has 1 aromatic heterocycles. The number of nitrogens with zero attached hydrogens (tertiary/aromatic N) is 1. The third-order valence-electron chi connectivity index (χ3n) is 1.90. The van der Waals surface area contributed by atoms with Crippen LogP contribution in [-0.4, -0.2) is 22.1 Å². The molecule has 1 atom stereocenters. The van der Waals surface area contributed by atoms with Gasteiger partial charge in [0.05, 0.1) is 5.56 Å². The standard InChI is InChI=1S/C9H9F3N2O2/c10-9(11,12)5-1-2-6(14-4-5)3-7(13)8(15)16/h1-2,4,7H,3,13H2,(H,15,16)/t7-/m0/s1. The predicted octanol–water partition coefficient (Wildman–Crippen LogP) is 1.05. The molecule has 1 heterocycles. The van der Waals surface area contributed by atoms with Crippen LogP contribution in [0.15, 0.2) is 18.3 Å². The highest BCUT2D eigenvalue weighted by Crippen LogP contribution is 2.28. The first-order valence-electron chi connectivity index (χ1n) is 4.31. The first kappa shape index (κ1) is 12.4. The van der Waals surface area contributed by atoms with Crippen molar-refractivity contribution in [2.45, 2.75) is 18.6 Å². The Labute approximate surface area is 88.9 Å². The quantitative estimate of drug-likeness (QED) is 0.819. The number of nitrogens with two attached hydrogens (primary N) is 1. The number of rotatable bonds is 3. The van der Waals surface area contributed by atoms with E-state index in [2.05, 4.69) is 4.98 Å². The van der Waals surface area contributed by atoms with Crippen LogP contribution >= 0.6 is 0 Å². The van der Waals surface area contributed by atoms with Gasteiger partial charge in [0.25, 0.3) is 0 Å². The number of halogens is 3. The van der Waals surface area contributed by atoms with Crippen LogP contribution in [-0.2, 0) is 17.4 Å². The maximum Gasteiger partial charge on any atom is 0.417 e. The summed E-state index contributed by atoms with van der Waals surface area (Å²) in [5.74, 6) is -1.22. The van der Waals surface area contributed by atoms with Crippen molar-refractivity contribution in [2.75, 3.05) is 0 Å². The fraction of sp³-hybridized carbons (Fsp3) is 0.333. The zero-order valence-corrected chi connectivity index (χ0v) is 8.03. The Morgan fingerprint density at radius 1 is 1.50 bits per heavy atom. The second-order valence-electron chi connectivity index (χ2n) is 3.18. The Morgan fingerprint density at radius 3 is 2.50 bits per heavy atom. The summed E-state index contributed by atoms with van der Waals surface area (Å²) in [6.45, 7) is 0. The molecule has 88 valence electrons. The Morgan fingerprint density at radius 2 is 2.12 bits per heavy atom. The first-order chi connectivity index (χ1) is 7.30. The van der Waals surface area contributed by atoms with Crippen molar-refractivity contribution in [3.8, 4) is 0 Å². The first-order valence-corrected chi connectivity index (χ1v) is 4.31. The molecule has 0 aliphatic carbocycles. The lowest BCUT2D eigenvalue weighted by Gasteiger charge is -2.08. The van der Waals surface area contributed by atoms with Gasteiger partial charge in [0, 0.05) is 18.3 Å². The van der Waals surface area contributed by atoms with Gasteiger partial charge in [-0.25, -0.2) is 0 Å². The van der Waals surface area contributed by atoms with Gasteiger partial charge in [-0.15, -0.1) is 0 Å². The number of aliphatic carboxylic acids is 1. The van der Waals surface area contributed by atoms with E-state index in [-0.39, 0.29) is 12.1 Å². The molecular formula is C9H9F3N2O2. The molecule has 0 aliphatic rings. The van der Waals surface area contributed by atoms with Gasteiger partial charge in [0.2, 0.25) is 0 Å². The molecule has 0 amide bonds. The third kappa shape index (κ3) is 3.20. The van der Waals surface area contributed by atoms with Gasteiger partial charge in [-0.1, -0.05) is 0 Å². The molecule has 0 aliphatic heterocycles. The molecule has 0 fully saturated rings. The van der Waals surface area contributed by atoms with Crippen molar-refractivity contribution in [1.82, 2.24) is 4.98 Å². The Bertz CT molecular complexity index is 375. The minimum absolute atomic E-state index is 0.104. The summed E-state index contributed by atoms with van der Waals surface area (Å²) < 4.78 is 36.5. The van der Waals surface area contributed by atoms with Crippen molar-refractivity contribution in [1.29, 1.82) is 0 Å².